The summed E-state index contributed by atoms with van der Waals surface area (Å²) < 4.78 is 1.44. The Hall–Kier alpha value is -1.92. The Morgan fingerprint density at radius 3 is 2.77 bits per heavy atom. The number of carbonyl (C=O) groups is 1. The Kier molecular flexibility index (Phi) is 4.13. The number of nitrogens with two attached hydrogens (primary N) is 1. The average Bonchev–Trinajstić information content (AvgIpc) is 2.49. The van der Waals surface area contributed by atoms with E-state index in [4.69, 9.17) is 17.3 Å². The molecule has 1 aliphatic rings. The van der Waals surface area contributed by atoms with Crippen molar-refractivity contribution >= 4 is 23.2 Å². The lowest BCUT2D eigenvalue weighted by atomic mass is 9.96. The summed E-state index contributed by atoms with van der Waals surface area (Å²) in [7, 11) is 0. The van der Waals surface area contributed by atoms with Crippen molar-refractivity contribution in [3.63, 3.8) is 0 Å². The minimum absolute atomic E-state index is 0.0337. The van der Waals surface area contributed by atoms with Gasteiger partial charge in [-0.2, -0.15) is 0 Å². The maximum Gasteiger partial charge on any atom is 0.258 e. The zero-order chi connectivity index (χ0) is 15.7. The van der Waals surface area contributed by atoms with Crippen LogP contribution < -0.4 is 11.3 Å². The molecule has 3 rings (SSSR count). The molecule has 7 heteroatoms. The first-order valence-electron chi connectivity index (χ1n) is 7.22. The van der Waals surface area contributed by atoms with Crippen LogP contribution in [0.1, 0.15) is 18.5 Å². The number of carbonyl (C=O) groups excluding carboxylic acids is 1. The number of primary amides is 1. The van der Waals surface area contributed by atoms with E-state index in [0.29, 0.717) is 17.2 Å². The highest BCUT2D eigenvalue weighted by Crippen LogP contribution is 2.18. The Balaban J connectivity index is 1.76. The second-order valence-electron chi connectivity index (χ2n) is 5.61. The maximum absolute atomic E-state index is 12.1. The lowest BCUT2D eigenvalue weighted by Crippen LogP contribution is -2.38. The first-order valence-corrected chi connectivity index (χ1v) is 7.60. The number of aromatic nitrogens is 2. The van der Waals surface area contributed by atoms with Crippen LogP contribution in [0.5, 0.6) is 0 Å². The number of pyridine rings is 1. The Morgan fingerprint density at radius 2 is 2.09 bits per heavy atom. The molecule has 0 radical (unpaired) electrons. The number of piperidine rings is 1. The predicted octanol–water partition coefficient (Wildman–Crippen LogP) is 1.05. The molecule has 3 heterocycles. The Bertz CT molecular complexity index is 766. The molecule has 2 aromatic rings. The van der Waals surface area contributed by atoms with Gasteiger partial charge in [0.25, 0.3) is 5.56 Å². The number of rotatable bonds is 3. The van der Waals surface area contributed by atoms with Crippen LogP contribution in [0, 0.1) is 5.92 Å². The summed E-state index contributed by atoms with van der Waals surface area (Å²) >= 11 is 5.89. The van der Waals surface area contributed by atoms with Crippen LogP contribution in [0.3, 0.4) is 0 Å². The number of fused-ring (bicyclic) bond motifs is 1. The van der Waals surface area contributed by atoms with Gasteiger partial charge >= 0.3 is 0 Å². The molecule has 0 unspecified atom stereocenters. The van der Waals surface area contributed by atoms with Crippen molar-refractivity contribution in [2.45, 2.75) is 19.4 Å². The standard InChI is InChI=1S/C15H17ClN4O2/c16-11-1-2-13-18-12(7-14(21)20(13)8-11)9-19-5-3-10(4-6-19)15(17)22/h1-2,7-8,10H,3-6,9H2,(H2,17,22). The smallest absolute Gasteiger partial charge is 0.258 e. The molecule has 2 N–H and O–H groups in total. The molecule has 0 aromatic carbocycles. The molecular weight excluding hydrogens is 304 g/mol. The van der Waals surface area contributed by atoms with E-state index < -0.39 is 0 Å². The van der Waals surface area contributed by atoms with E-state index in [1.807, 2.05) is 0 Å². The first kappa shape index (κ1) is 15.0. The third-order valence-electron chi connectivity index (χ3n) is 4.05. The fourth-order valence-corrected chi connectivity index (χ4v) is 2.97. The third-order valence-corrected chi connectivity index (χ3v) is 4.28. The van der Waals surface area contributed by atoms with Gasteiger partial charge in [-0.25, -0.2) is 4.98 Å². The fraction of sp³-hybridized carbons (Fsp3) is 0.400. The summed E-state index contributed by atoms with van der Waals surface area (Å²) in [6.45, 7) is 2.17. The molecule has 0 aliphatic carbocycles. The molecule has 116 valence electrons. The topological polar surface area (TPSA) is 80.7 Å². The van der Waals surface area contributed by atoms with Gasteiger partial charge < -0.3 is 5.73 Å². The Morgan fingerprint density at radius 1 is 1.36 bits per heavy atom. The molecule has 1 fully saturated rings. The summed E-state index contributed by atoms with van der Waals surface area (Å²) in [6.07, 6.45) is 3.09. The SMILES string of the molecule is NC(=O)C1CCN(Cc2cc(=O)n3cc(Cl)ccc3n2)CC1. The minimum Gasteiger partial charge on any atom is -0.369 e. The van der Waals surface area contributed by atoms with Crippen LogP contribution >= 0.6 is 11.6 Å². The third kappa shape index (κ3) is 3.13. The first-order chi connectivity index (χ1) is 10.5. The van der Waals surface area contributed by atoms with E-state index in [0.717, 1.165) is 31.6 Å². The summed E-state index contributed by atoms with van der Waals surface area (Å²) in [5.41, 5.74) is 6.50. The number of hydrogen-bond acceptors (Lipinski definition) is 4. The van der Waals surface area contributed by atoms with Gasteiger partial charge in [0.05, 0.1) is 10.7 Å². The molecule has 22 heavy (non-hydrogen) atoms. The quantitative estimate of drug-likeness (QED) is 0.916. The molecule has 0 bridgehead atoms. The summed E-state index contributed by atoms with van der Waals surface area (Å²) in [4.78, 5) is 30.0. The predicted molar refractivity (Wildman–Crippen MR) is 83.7 cm³/mol. The van der Waals surface area contributed by atoms with Gasteiger partial charge in [0.1, 0.15) is 5.65 Å². The van der Waals surface area contributed by atoms with Gasteiger partial charge in [-0.15, -0.1) is 0 Å². The minimum atomic E-state index is -0.224. The van der Waals surface area contributed by atoms with E-state index >= 15 is 0 Å². The number of likely N-dealkylation sites (tertiary alicyclic amines) is 1. The number of amides is 1. The molecule has 6 nitrogen and oxygen atoms in total. The van der Waals surface area contributed by atoms with Gasteiger partial charge in [0, 0.05) is 24.7 Å². The zero-order valence-corrected chi connectivity index (χ0v) is 12.8. The van der Waals surface area contributed by atoms with Gasteiger partial charge in [0.2, 0.25) is 5.91 Å². The van der Waals surface area contributed by atoms with Crippen LogP contribution in [0.2, 0.25) is 5.02 Å². The van der Waals surface area contributed by atoms with E-state index in [9.17, 15) is 9.59 Å². The van der Waals surface area contributed by atoms with Crippen LogP contribution in [-0.4, -0.2) is 33.3 Å². The van der Waals surface area contributed by atoms with Crippen molar-refractivity contribution in [2.24, 2.45) is 11.7 Å². The average molecular weight is 321 g/mol. The lowest BCUT2D eigenvalue weighted by molar-refractivity contribution is -0.123. The highest BCUT2D eigenvalue weighted by atomic mass is 35.5. The molecule has 0 saturated carbocycles. The van der Waals surface area contributed by atoms with Crippen molar-refractivity contribution < 1.29 is 4.79 Å². The van der Waals surface area contributed by atoms with Crippen molar-refractivity contribution in [3.05, 3.63) is 45.5 Å². The highest BCUT2D eigenvalue weighted by molar-refractivity contribution is 6.30. The molecule has 1 saturated heterocycles. The van der Waals surface area contributed by atoms with Crippen molar-refractivity contribution in [3.8, 4) is 0 Å². The molecule has 0 spiro atoms. The number of halogens is 1. The summed E-state index contributed by atoms with van der Waals surface area (Å²) in [6, 6.07) is 4.97. The molecule has 2 aromatic heterocycles. The van der Waals surface area contributed by atoms with E-state index in [-0.39, 0.29) is 17.4 Å². The summed E-state index contributed by atoms with van der Waals surface area (Å²) in [5.74, 6) is -0.257. The van der Waals surface area contributed by atoms with Crippen molar-refractivity contribution in [1.82, 2.24) is 14.3 Å². The van der Waals surface area contributed by atoms with E-state index in [1.54, 1.807) is 18.3 Å². The maximum atomic E-state index is 12.1. The van der Waals surface area contributed by atoms with Gasteiger partial charge in [0.15, 0.2) is 0 Å². The number of nitrogens with zero attached hydrogens (tertiary/aromatic N) is 3. The molecule has 0 atom stereocenters. The molecule has 1 aliphatic heterocycles. The zero-order valence-electron chi connectivity index (χ0n) is 12.0. The Labute approximate surface area is 132 Å². The van der Waals surface area contributed by atoms with Crippen molar-refractivity contribution in [2.75, 3.05) is 13.1 Å². The van der Waals surface area contributed by atoms with E-state index in [2.05, 4.69) is 9.88 Å². The highest BCUT2D eigenvalue weighted by Gasteiger charge is 2.23. The monoisotopic (exact) mass is 320 g/mol. The van der Waals surface area contributed by atoms with Gasteiger partial charge in [-0.3, -0.25) is 18.9 Å². The molecule has 1 amide bonds. The van der Waals surface area contributed by atoms with Crippen LogP contribution in [0.25, 0.3) is 5.65 Å². The van der Waals surface area contributed by atoms with Crippen LogP contribution in [0.15, 0.2) is 29.2 Å². The normalized spacial score (nSPS) is 17.0. The largest absolute Gasteiger partial charge is 0.369 e. The number of hydrogen-bond donors (Lipinski definition) is 1. The van der Waals surface area contributed by atoms with Gasteiger partial charge in [-0.05, 0) is 38.1 Å². The second kappa shape index (κ2) is 6.06. The van der Waals surface area contributed by atoms with Crippen molar-refractivity contribution in [1.29, 1.82) is 0 Å². The molecular formula is C15H17ClN4O2. The van der Waals surface area contributed by atoms with Crippen LogP contribution in [0.4, 0.5) is 0 Å². The van der Waals surface area contributed by atoms with Crippen LogP contribution in [-0.2, 0) is 11.3 Å². The lowest BCUT2D eigenvalue weighted by Gasteiger charge is -2.30. The van der Waals surface area contributed by atoms with E-state index in [1.165, 1.54) is 10.5 Å². The fourth-order valence-electron chi connectivity index (χ4n) is 2.81. The summed E-state index contributed by atoms with van der Waals surface area (Å²) in [5, 5.41) is 0.498. The second-order valence-corrected chi connectivity index (χ2v) is 6.05. The van der Waals surface area contributed by atoms with Gasteiger partial charge in [-0.1, -0.05) is 11.6 Å².